The number of carboxylic acids is 1. The number of benzene rings is 1. The third-order valence-corrected chi connectivity index (χ3v) is 6.03. The molecule has 0 radical (unpaired) electrons. The van der Waals surface area contributed by atoms with Gasteiger partial charge in [-0.1, -0.05) is 18.2 Å². The smallest absolute Gasteiger partial charge is 0.475 e. The zero-order valence-electron chi connectivity index (χ0n) is 17.9. The molecular formula is C23H25F4N3O3. The molecule has 2 saturated heterocycles. The quantitative estimate of drug-likeness (QED) is 0.692. The van der Waals surface area contributed by atoms with Crippen molar-refractivity contribution in [1.29, 1.82) is 0 Å². The largest absolute Gasteiger partial charge is 0.490 e. The molecule has 1 amide bonds. The molecule has 178 valence electrons. The van der Waals surface area contributed by atoms with E-state index in [9.17, 15) is 22.4 Å². The van der Waals surface area contributed by atoms with Crippen LogP contribution >= 0.6 is 0 Å². The van der Waals surface area contributed by atoms with Crippen molar-refractivity contribution in [3.05, 3.63) is 65.7 Å². The summed E-state index contributed by atoms with van der Waals surface area (Å²) >= 11 is 0. The molecule has 0 aliphatic carbocycles. The van der Waals surface area contributed by atoms with Gasteiger partial charge in [0.25, 0.3) is 0 Å². The third kappa shape index (κ3) is 6.50. The van der Waals surface area contributed by atoms with Gasteiger partial charge >= 0.3 is 12.1 Å². The van der Waals surface area contributed by atoms with E-state index in [-0.39, 0.29) is 17.1 Å². The molecule has 0 unspecified atom stereocenters. The van der Waals surface area contributed by atoms with Crippen LogP contribution in [-0.4, -0.2) is 57.6 Å². The predicted octanol–water partition coefficient (Wildman–Crippen LogP) is 3.87. The van der Waals surface area contributed by atoms with E-state index in [0.717, 1.165) is 56.7 Å². The molecule has 4 rings (SSSR count). The van der Waals surface area contributed by atoms with Crippen molar-refractivity contribution >= 4 is 11.9 Å². The monoisotopic (exact) mass is 467 g/mol. The van der Waals surface area contributed by atoms with Gasteiger partial charge in [-0.2, -0.15) is 13.2 Å². The Hall–Kier alpha value is -3.01. The first-order valence-corrected chi connectivity index (χ1v) is 10.6. The van der Waals surface area contributed by atoms with E-state index in [0.29, 0.717) is 6.54 Å². The Morgan fingerprint density at radius 3 is 2.27 bits per heavy atom. The van der Waals surface area contributed by atoms with Crippen LogP contribution in [0.25, 0.3) is 0 Å². The highest BCUT2D eigenvalue weighted by Gasteiger charge is 2.47. The molecule has 1 spiro atoms. The Kier molecular flexibility index (Phi) is 7.68. The number of carboxylic acid groups (broad SMARTS) is 1. The summed E-state index contributed by atoms with van der Waals surface area (Å²) in [4.78, 5) is 30.6. The zero-order chi connectivity index (χ0) is 24.1. The van der Waals surface area contributed by atoms with Gasteiger partial charge in [0.15, 0.2) is 0 Å². The van der Waals surface area contributed by atoms with Gasteiger partial charge in [0.1, 0.15) is 5.82 Å². The number of likely N-dealkylation sites (tertiary alicyclic amines) is 2. The van der Waals surface area contributed by atoms with Crippen molar-refractivity contribution in [1.82, 2.24) is 14.8 Å². The van der Waals surface area contributed by atoms with Gasteiger partial charge in [-0.15, -0.1) is 0 Å². The molecule has 2 fully saturated rings. The molecule has 2 aliphatic heterocycles. The molecule has 1 aromatic heterocycles. The molecule has 3 heterocycles. The van der Waals surface area contributed by atoms with Crippen molar-refractivity contribution in [2.45, 2.75) is 38.5 Å². The Bertz CT molecular complexity index is 961. The van der Waals surface area contributed by atoms with Crippen molar-refractivity contribution in [2.75, 3.05) is 19.6 Å². The minimum Gasteiger partial charge on any atom is -0.475 e. The number of halogens is 4. The topological polar surface area (TPSA) is 73.7 Å². The van der Waals surface area contributed by atoms with E-state index >= 15 is 0 Å². The van der Waals surface area contributed by atoms with Gasteiger partial charge in [0.2, 0.25) is 5.91 Å². The number of carbonyl (C=O) groups is 2. The minimum atomic E-state index is -5.08. The number of rotatable bonds is 4. The summed E-state index contributed by atoms with van der Waals surface area (Å²) in [6, 6.07) is 12.5. The number of hydrogen-bond donors (Lipinski definition) is 1. The number of piperidine rings is 1. The molecule has 2 aliphatic rings. The van der Waals surface area contributed by atoms with Crippen molar-refractivity contribution in [2.24, 2.45) is 5.41 Å². The molecule has 0 atom stereocenters. The summed E-state index contributed by atoms with van der Waals surface area (Å²) in [7, 11) is 0. The maximum absolute atomic E-state index is 13.4. The SMILES string of the molecule is O=C(O)C(F)(F)F.O=C1N(Cc2cccc(F)c2)CCC12CCN(Cc1ccccn1)CC2. The van der Waals surface area contributed by atoms with Gasteiger partial charge in [-0.3, -0.25) is 14.7 Å². The maximum Gasteiger partial charge on any atom is 0.490 e. The van der Waals surface area contributed by atoms with Crippen LogP contribution < -0.4 is 0 Å². The van der Waals surface area contributed by atoms with Crippen LogP contribution in [0.3, 0.4) is 0 Å². The summed E-state index contributed by atoms with van der Waals surface area (Å²) in [6.07, 6.45) is -0.541. The number of nitrogens with zero attached hydrogens (tertiary/aromatic N) is 3. The maximum atomic E-state index is 13.4. The van der Waals surface area contributed by atoms with E-state index in [4.69, 9.17) is 9.90 Å². The first kappa shape index (κ1) is 24.6. The average Bonchev–Trinajstić information content (AvgIpc) is 3.06. The fourth-order valence-corrected chi connectivity index (χ4v) is 4.22. The summed E-state index contributed by atoms with van der Waals surface area (Å²) in [5, 5.41) is 7.12. The molecular weight excluding hydrogens is 442 g/mol. The summed E-state index contributed by atoms with van der Waals surface area (Å²) in [6.45, 7) is 3.98. The highest BCUT2D eigenvalue weighted by Crippen LogP contribution is 2.42. The lowest BCUT2D eigenvalue weighted by molar-refractivity contribution is -0.192. The number of pyridine rings is 1. The summed E-state index contributed by atoms with van der Waals surface area (Å²) < 4.78 is 45.1. The number of alkyl halides is 3. The van der Waals surface area contributed by atoms with Gasteiger partial charge in [-0.05, 0) is 62.2 Å². The van der Waals surface area contributed by atoms with Crippen LogP contribution in [0.1, 0.15) is 30.5 Å². The van der Waals surface area contributed by atoms with E-state index in [1.165, 1.54) is 12.1 Å². The van der Waals surface area contributed by atoms with E-state index in [2.05, 4.69) is 9.88 Å². The van der Waals surface area contributed by atoms with Gasteiger partial charge < -0.3 is 10.0 Å². The molecule has 6 nitrogen and oxygen atoms in total. The lowest BCUT2D eigenvalue weighted by Gasteiger charge is -2.37. The number of aromatic nitrogens is 1. The lowest BCUT2D eigenvalue weighted by atomic mass is 9.77. The highest BCUT2D eigenvalue weighted by atomic mass is 19.4. The van der Waals surface area contributed by atoms with Gasteiger partial charge in [0, 0.05) is 25.8 Å². The van der Waals surface area contributed by atoms with Crippen molar-refractivity contribution < 1.29 is 32.3 Å². The fraction of sp³-hybridized carbons (Fsp3) is 0.435. The van der Waals surface area contributed by atoms with Crippen molar-refractivity contribution in [3.8, 4) is 0 Å². The van der Waals surface area contributed by atoms with E-state index in [1.54, 1.807) is 6.07 Å². The van der Waals surface area contributed by atoms with Crippen LogP contribution in [0.15, 0.2) is 48.7 Å². The summed E-state index contributed by atoms with van der Waals surface area (Å²) in [5.74, 6) is -2.75. The standard InChI is InChI=1S/C21H24FN3O.C2HF3O2/c22-18-5-3-4-17(14-18)15-25-13-9-21(20(25)26)7-11-24(12-8-21)16-19-6-1-2-10-23-19;3-2(4,5)1(6)7/h1-6,10,14H,7-9,11-13,15-16H2;(H,6,7). The Labute approximate surface area is 188 Å². The second-order valence-electron chi connectivity index (χ2n) is 8.29. The predicted molar refractivity (Wildman–Crippen MR) is 111 cm³/mol. The number of amides is 1. The first-order valence-electron chi connectivity index (χ1n) is 10.6. The average molecular weight is 467 g/mol. The highest BCUT2D eigenvalue weighted by molar-refractivity contribution is 5.85. The van der Waals surface area contributed by atoms with E-state index < -0.39 is 12.1 Å². The van der Waals surface area contributed by atoms with Crippen LogP contribution in [0, 0.1) is 11.2 Å². The molecule has 0 bridgehead atoms. The molecule has 1 aromatic carbocycles. The van der Waals surface area contributed by atoms with Crippen LogP contribution in [0.5, 0.6) is 0 Å². The number of aliphatic carboxylic acids is 1. The van der Waals surface area contributed by atoms with Gasteiger partial charge in [-0.25, -0.2) is 9.18 Å². The fourth-order valence-electron chi connectivity index (χ4n) is 4.22. The Balaban J connectivity index is 0.000000383. The lowest BCUT2D eigenvalue weighted by Crippen LogP contribution is -2.44. The Morgan fingerprint density at radius 1 is 1.03 bits per heavy atom. The van der Waals surface area contributed by atoms with E-state index in [1.807, 2.05) is 35.4 Å². The minimum absolute atomic E-state index is 0.214. The molecule has 2 aromatic rings. The number of hydrogen-bond acceptors (Lipinski definition) is 4. The van der Waals surface area contributed by atoms with Crippen LogP contribution in [-0.2, 0) is 22.7 Å². The second kappa shape index (κ2) is 10.3. The zero-order valence-corrected chi connectivity index (χ0v) is 17.9. The third-order valence-electron chi connectivity index (χ3n) is 6.03. The number of carbonyl (C=O) groups excluding carboxylic acids is 1. The molecule has 33 heavy (non-hydrogen) atoms. The first-order chi connectivity index (χ1) is 15.6. The molecule has 0 saturated carbocycles. The van der Waals surface area contributed by atoms with Crippen LogP contribution in [0.2, 0.25) is 0 Å². The summed E-state index contributed by atoms with van der Waals surface area (Å²) in [5.41, 5.74) is 1.73. The van der Waals surface area contributed by atoms with Gasteiger partial charge in [0.05, 0.1) is 11.1 Å². The normalized spacial score (nSPS) is 18.2. The second-order valence-corrected chi connectivity index (χ2v) is 8.29. The molecule has 1 N–H and O–H groups in total. The molecule has 10 heteroatoms. The Morgan fingerprint density at radius 2 is 1.70 bits per heavy atom. The van der Waals surface area contributed by atoms with Crippen molar-refractivity contribution in [3.63, 3.8) is 0 Å². The van der Waals surface area contributed by atoms with Crippen LogP contribution in [0.4, 0.5) is 17.6 Å².